The predicted molar refractivity (Wildman–Crippen MR) is 79.6 cm³/mol. The average Bonchev–Trinajstić information content (AvgIpc) is 2.90. The molecule has 3 rings (SSSR count). The minimum Gasteiger partial charge on any atom is -1.00 e. The zero-order valence-electron chi connectivity index (χ0n) is 11.0. The van der Waals surface area contributed by atoms with E-state index in [4.69, 9.17) is 32.7 Å². The van der Waals surface area contributed by atoms with E-state index in [1.165, 1.54) is 0 Å². The van der Waals surface area contributed by atoms with Crippen LogP contribution in [0.3, 0.4) is 0 Å². The molecule has 0 unspecified atom stereocenters. The molecule has 112 valence electrons. The van der Waals surface area contributed by atoms with Gasteiger partial charge in [0.2, 0.25) is 6.79 Å². The molecule has 0 atom stereocenters. The minimum absolute atomic E-state index is 0. The summed E-state index contributed by atoms with van der Waals surface area (Å²) in [6.45, 7) is 1.78. The largest absolute Gasteiger partial charge is 1.00 e. The van der Waals surface area contributed by atoms with E-state index in [9.17, 15) is 0 Å². The Morgan fingerprint density at radius 3 is 2.29 bits per heavy atom. The minimum atomic E-state index is 0. The Morgan fingerprint density at radius 2 is 1.52 bits per heavy atom. The topological polar surface area (TPSA) is 30.5 Å². The SMILES string of the molecule is Clc1ccc(CNCc2ccc3c(c2)OCO3)cc1Cl.[Cl-]. The van der Waals surface area contributed by atoms with Crippen molar-refractivity contribution in [3.63, 3.8) is 0 Å². The normalized spacial score (nSPS) is 12.1. The molecule has 21 heavy (non-hydrogen) atoms. The van der Waals surface area contributed by atoms with Crippen molar-refractivity contribution in [3.05, 3.63) is 57.6 Å². The van der Waals surface area contributed by atoms with Crippen LogP contribution >= 0.6 is 23.2 Å². The highest BCUT2D eigenvalue weighted by Gasteiger charge is 2.12. The van der Waals surface area contributed by atoms with E-state index >= 15 is 0 Å². The third-order valence-electron chi connectivity index (χ3n) is 3.08. The van der Waals surface area contributed by atoms with Crippen LogP contribution in [-0.4, -0.2) is 6.79 Å². The van der Waals surface area contributed by atoms with Crippen molar-refractivity contribution in [3.8, 4) is 11.5 Å². The molecule has 1 aliphatic rings. The monoisotopic (exact) mass is 344 g/mol. The molecule has 0 saturated heterocycles. The van der Waals surface area contributed by atoms with Gasteiger partial charge < -0.3 is 27.2 Å². The Balaban J connectivity index is 0.00000161. The standard InChI is InChI=1S/C15H13Cl2NO2.ClH/c16-12-3-1-10(5-13(12)17)7-18-8-11-2-4-14-15(6-11)20-9-19-14;/h1-6,18H,7-9H2;1H/p-1. The van der Waals surface area contributed by atoms with Crippen LogP contribution < -0.4 is 27.2 Å². The van der Waals surface area contributed by atoms with Crippen LogP contribution in [-0.2, 0) is 13.1 Å². The second-order valence-electron chi connectivity index (χ2n) is 4.54. The fraction of sp³-hybridized carbons (Fsp3) is 0.200. The fourth-order valence-corrected chi connectivity index (χ4v) is 2.37. The Hall–Kier alpha value is -1.13. The van der Waals surface area contributed by atoms with Crippen LogP contribution in [0, 0.1) is 0 Å². The molecule has 0 spiro atoms. The first-order valence-corrected chi connectivity index (χ1v) is 7.01. The molecule has 0 amide bonds. The molecule has 2 aromatic rings. The second-order valence-corrected chi connectivity index (χ2v) is 5.35. The molecule has 1 aliphatic heterocycles. The average molecular weight is 346 g/mol. The number of ether oxygens (including phenoxy) is 2. The van der Waals surface area contributed by atoms with Gasteiger partial charge in [-0.15, -0.1) is 0 Å². The molecule has 0 bridgehead atoms. The summed E-state index contributed by atoms with van der Waals surface area (Å²) in [5, 5.41) is 4.51. The summed E-state index contributed by atoms with van der Waals surface area (Å²) in [5.74, 6) is 1.61. The van der Waals surface area contributed by atoms with Crippen LogP contribution in [0.4, 0.5) is 0 Å². The molecular weight excluding hydrogens is 333 g/mol. The van der Waals surface area contributed by atoms with Gasteiger partial charge in [-0.25, -0.2) is 0 Å². The highest BCUT2D eigenvalue weighted by molar-refractivity contribution is 6.42. The Morgan fingerprint density at radius 1 is 0.857 bits per heavy atom. The highest BCUT2D eigenvalue weighted by atomic mass is 35.5. The number of benzene rings is 2. The smallest absolute Gasteiger partial charge is 0.231 e. The van der Waals surface area contributed by atoms with Crippen molar-refractivity contribution in [2.75, 3.05) is 6.79 Å². The van der Waals surface area contributed by atoms with Crippen LogP contribution in [0.25, 0.3) is 0 Å². The van der Waals surface area contributed by atoms with Gasteiger partial charge in [0.1, 0.15) is 0 Å². The number of fused-ring (bicyclic) bond motifs is 1. The molecule has 0 aromatic heterocycles. The highest BCUT2D eigenvalue weighted by Crippen LogP contribution is 2.32. The first-order valence-electron chi connectivity index (χ1n) is 6.25. The van der Waals surface area contributed by atoms with Gasteiger partial charge in [0.25, 0.3) is 0 Å². The third-order valence-corrected chi connectivity index (χ3v) is 3.82. The summed E-state index contributed by atoms with van der Waals surface area (Å²) in [5.41, 5.74) is 2.24. The number of hydrogen-bond acceptors (Lipinski definition) is 3. The van der Waals surface area contributed by atoms with E-state index in [1.807, 2.05) is 36.4 Å². The van der Waals surface area contributed by atoms with Crippen molar-refractivity contribution in [1.82, 2.24) is 5.32 Å². The maximum atomic E-state index is 5.98. The molecule has 6 heteroatoms. The molecule has 0 radical (unpaired) electrons. The van der Waals surface area contributed by atoms with Gasteiger partial charge in [0.05, 0.1) is 10.0 Å². The Kier molecular flexibility index (Phi) is 5.59. The second kappa shape index (κ2) is 7.23. The summed E-state index contributed by atoms with van der Waals surface area (Å²) in [6, 6.07) is 11.6. The Labute approximate surface area is 139 Å². The van der Waals surface area contributed by atoms with Crippen molar-refractivity contribution in [2.24, 2.45) is 0 Å². The maximum Gasteiger partial charge on any atom is 0.231 e. The van der Waals surface area contributed by atoms with E-state index in [1.54, 1.807) is 0 Å². The molecule has 3 nitrogen and oxygen atoms in total. The zero-order chi connectivity index (χ0) is 13.9. The van der Waals surface area contributed by atoms with Crippen LogP contribution in [0.2, 0.25) is 10.0 Å². The molecular formula is C15H13Cl3NO2-. The van der Waals surface area contributed by atoms with Gasteiger partial charge in [-0.05, 0) is 35.4 Å². The van der Waals surface area contributed by atoms with Crippen molar-refractivity contribution >= 4 is 23.2 Å². The first kappa shape index (κ1) is 16.2. The summed E-state index contributed by atoms with van der Waals surface area (Å²) in [4.78, 5) is 0. The third kappa shape index (κ3) is 3.95. The predicted octanol–water partition coefficient (Wildman–Crippen LogP) is 1.02. The van der Waals surface area contributed by atoms with Gasteiger partial charge in [0.15, 0.2) is 11.5 Å². The summed E-state index contributed by atoms with van der Waals surface area (Å²) in [7, 11) is 0. The molecule has 0 fully saturated rings. The number of hydrogen-bond donors (Lipinski definition) is 1. The van der Waals surface area contributed by atoms with Crippen LogP contribution in [0.15, 0.2) is 36.4 Å². The summed E-state index contributed by atoms with van der Waals surface area (Å²) < 4.78 is 10.6. The number of nitrogens with one attached hydrogen (secondary N) is 1. The van der Waals surface area contributed by atoms with Gasteiger partial charge in [-0.1, -0.05) is 35.3 Å². The van der Waals surface area contributed by atoms with Crippen molar-refractivity contribution < 1.29 is 21.9 Å². The lowest BCUT2D eigenvalue weighted by molar-refractivity contribution is -0.00000540. The van der Waals surface area contributed by atoms with Crippen molar-refractivity contribution in [1.29, 1.82) is 0 Å². The zero-order valence-corrected chi connectivity index (χ0v) is 13.3. The lowest BCUT2D eigenvalue weighted by Gasteiger charge is -2.07. The molecule has 1 heterocycles. The van der Waals surface area contributed by atoms with Gasteiger partial charge in [-0.3, -0.25) is 0 Å². The quantitative estimate of drug-likeness (QED) is 0.897. The lowest BCUT2D eigenvalue weighted by Crippen LogP contribution is -3.00. The molecule has 0 saturated carbocycles. The fourth-order valence-electron chi connectivity index (χ4n) is 2.05. The summed E-state index contributed by atoms with van der Waals surface area (Å²) >= 11 is 11.9. The van der Waals surface area contributed by atoms with E-state index in [0.29, 0.717) is 16.8 Å². The van der Waals surface area contributed by atoms with Crippen LogP contribution in [0.1, 0.15) is 11.1 Å². The molecule has 1 N–H and O–H groups in total. The molecule has 2 aromatic carbocycles. The van der Waals surface area contributed by atoms with E-state index in [-0.39, 0.29) is 12.4 Å². The van der Waals surface area contributed by atoms with Gasteiger partial charge in [0, 0.05) is 13.1 Å². The molecule has 0 aliphatic carbocycles. The van der Waals surface area contributed by atoms with Crippen LogP contribution in [0.5, 0.6) is 11.5 Å². The maximum absolute atomic E-state index is 5.98. The first-order chi connectivity index (χ1) is 9.72. The van der Waals surface area contributed by atoms with E-state index < -0.39 is 0 Å². The Bertz CT molecular complexity index is 634. The number of rotatable bonds is 4. The van der Waals surface area contributed by atoms with Gasteiger partial charge in [-0.2, -0.15) is 0 Å². The van der Waals surface area contributed by atoms with E-state index in [2.05, 4.69) is 5.32 Å². The van der Waals surface area contributed by atoms with E-state index in [0.717, 1.165) is 35.7 Å². The van der Waals surface area contributed by atoms with Gasteiger partial charge >= 0.3 is 0 Å². The number of halogens is 3. The summed E-state index contributed by atoms with van der Waals surface area (Å²) in [6.07, 6.45) is 0. The lowest BCUT2D eigenvalue weighted by atomic mass is 10.2. The van der Waals surface area contributed by atoms with Crippen molar-refractivity contribution in [2.45, 2.75) is 13.1 Å².